The molecule has 0 spiro atoms. The van der Waals surface area contributed by atoms with E-state index >= 15 is 0 Å². The Bertz CT molecular complexity index is 1330. The number of hydrogen-bond acceptors (Lipinski definition) is 7. The molecular weight excluding hydrogens is 524 g/mol. The van der Waals surface area contributed by atoms with Crippen LogP contribution in [-0.2, 0) is 20.9 Å². The molecule has 0 bridgehead atoms. The highest BCUT2D eigenvalue weighted by molar-refractivity contribution is 5.96. The number of carbonyl (C=O) groups excluding carboxylic acids is 2. The number of pyridine rings is 1. The van der Waals surface area contributed by atoms with Gasteiger partial charge in [-0.2, -0.15) is 0 Å². The molecule has 3 aliphatic rings. The lowest BCUT2D eigenvalue weighted by atomic mass is 9.80. The summed E-state index contributed by atoms with van der Waals surface area (Å²) < 4.78 is 17.6. The van der Waals surface area contributed by atoms with Crippen LogP contribution in [0.5, 0.6) is 11.5 Å². The fourth-order valence-corrected chi connectivity index (χ4v) is 5.21. The van der Waals surface area contributed by atoms with Gasteiger partial charge in [0.05, 0.1) is 25.0 Å². The highest BCUT2D eigenvalue weighted by atomic mass is 16.6. The van der Waals surface area contributed by atoms with Gasteiger partial charge in [-0.05, 0) is 43.2 Å². The molecule has 4 heterocycles. The molecule has 2 aromatic rings. The molecule has 1 N–H and O–H groups in total. The van der Waals surface area contributed by atoms with Crippen molar-refractivity contribution in [2.45, 2.75) is 59.9 Å². The van der Waals surface area contributed by atoms with E-state index in [4.69, 9.17) is 14.2 Å². The van der Waals surface area contributed by atoms with Gasteiger partial charge in [0.25, 0.3) is 11.5 Å². The zero-order valence-corrected chi connectivity index (χ0v) is 24.8. The minimum atomic E-state index is -0.455. The zero-order valence-electron chi connectivity index (χ0n) is 24.8. The summed E-state index contributed by atoms with van der Waals surface area (Å²) in [7, 11) is 1.56. The standard InChI is InChI=1S/C17H23NO3.C12H13N3O3.C2H6/c1-3-7-17(4-2)11-16(19)18(12-17)13-5-6-14-15(10-13)21-9-8-20-14;1-13-11(16)7-15-10-5-8(18-2)6-14-9(10)3-4-12(15)17;1-2/h5-6,10H,3-4,7-9,11-12H2,1-2H3;3-5,14H,1,6-7H2,2H3;1-2H3. The third-order valence-corrected chi connectivity index (χ3v) is 7.40. The van der Waals surface area contributed by atoms with Crippen molar-refractivity contribution >= 4 is 36.0 Å². The molecule has 1 unspecified atom stereocenters. The monoisotopic (exact) mass is 566 g/mol. The molecule has 5 rings (SSSR count). The number of fused-ring (bicyclic) bond motifs is 2. The SMILES string of the molecule is C=NC(=O)Cn1c2c(ccc1=O)NCC(OC)=C2.CC.CCCC1(CC)CC(=O)N(c2ccc3c(c2)OCCO3)C1. The average molecular weight is 567 g/mol. The number of carbonyl (C=O) groups is 2. The number of nitrogens with one attached hydrogen (secondary N) is 1. The normalized spacial score (nSPS) is 18.4. The van der Waals surface area contributed by atoms with Crippen LogP contribution in [0.3, 0.4) is 0 Å². The maximum absolute atomic E-state index is 12.4. The number of methoxy groups -OCH3 is 1. The summed E-state index contributed by atoms with van der Waals surface area (Å²) in [6.07, 6.45) is 5.68. The minimum absolute atomic E-state index is 0.124. The van der Waals surface area contributed by atoms with Gasteiger partial charge >= 0.3 is 0 Å². The molecule has 0 aliphatic carbocycles. The Labute approximate surface area is 242 Å². The van der Waals surface area contributed by atoms with Crippen molar-refractivity contribution in [3.8, 4) is 11.5 Å². The van der Waals surface area contributed by atoms with E-state index in [1.165, 1.54) is 10.6 Å². The van der Waals surface area contributed by atoms with E-state index in [2.05, 4.69) is 30.9 Å². The first-order chi connectivity index (χ1) is 19.8. The van der Waals surface area contributed by atoms with E-state index in [1.54, 1.807) is 19.3 Å². The first-order valence-electron chi connectivity index (χ1n) is 14.2. The second-order valence-corrected chi connectivity index (χ2v) is 9.86. The molecule has 1 aromatic carbocycles. The topological polar surface area (TPSA) is 111 Å². The highest BCUT2D eigenvalue weighted by Crippen LogP contribution is 2.43. The van der Waals surface area contributed by atoms with Crippen molar-refractivity contribution in [2.24, 2.45) is 10.4 Å². The summed E-state index contributed by atoms with van der Waals surface area (Å²) in [6.45, 7) is 13.9. The number of amides is 2. The molecule has 1 fully saturated rings. The second kappa shape index (κ2) is 14.5. The number of aliphatic imine (C=N–C) groups is 1. The van der Waals surface area contributed by atoms with Gasteiger partial charge in [0.1, 0.15) is 25.5 Å². The second-order valence-electron chi connectivity index (χ2n) is 9.86. The van der Waals surface area contributed by atoms with Gasteiger partial charge < -0.3 is 24.4 Å². The van der Waals surface area contributed by atoms with Crippen LogP contribution in [0.1, 0.15) is 59.1 Å². The van der Waals surface area contributed by atoms with Crippen LogP contribution in [0.2, 0.25) is 0 Å². The molecule has 10 heteroatoms. The van der Waals surface area contributed by atoms with E-state index < -0.39 is 5.91 Å². The fourth-order valence-electron chi connectivity index (χ4n) is 5.21. The Morgan fingerprint density at radius 2 is 1.85 bits per heavy atom. The maximum Gasteiger partial charge on any atom is 0.265 e. The van der Waals surface area contributed by atoms with Gasteiger partial charge in [0, 0.05) is 36.9 Å². The van der Waals surface area contributed by atoms with Crippen molar-refractivity contribution in [1.29, 1.82) is 0 Å². The Hall–Kier alpha value is -4.08. The molecule has 222 valence electrons. The number of anilines is 2. The third-order valence-electron chi connectivity index (χ3n) is 7.40. The molecule has 3 aliphatic heterocycles. The van der Waals surface area contributed by atoms with Gasteiger partial charge in [-0.1, -0.05) is 34.1 Å². The number of benzene rings is 1. The molecule has 0 radical (unpaired) electrons. The van der Waals surface area contributed by atoms with E-state index in [1.807, 2.05) is 36.9 Å². The van der Waals surface area contributed by atoms with Crippen molar-refractivity contribution in [3.05, 3.63) is 52.1 Å². The molecule has 41 heavy (non-hydrogen) atoms. The van der Waals surface area contributed by atoms with Crippen LogP contribution in [0.25, 0.3) is 6.08 Å². The number of aromatic nitrogens is 1. The van der Waals surface area contributed by atoms with Gasteiger partial charge in [-0.25, -0.2) is 4.99 Å². The average Bonchev–Trinajstić information content (AvgIpc) is 3.35. The highest BCUT2D eigenvalue weighted by Gasteiger charge is 2.41. The molecular formula is C31H42N4O6. The maximum atomic E-state index is 12.4. The van der Waals surface area contributed by atoms with E-state index in [-0.39, 0.29) is 23.4 Å². The number of ether oxygens (including phenoxy) is 3. The smallest absolute Gasteiger partial charge is 0.265 e. The van der Waals surface area contributed by atoms with Crippen molar-refractivity contribution < 1.29 is 23.8 Å². The van der Waals surface area contributed by atoms with E-state index in [9.17, 15) is 14.4 Å². The summed E-state index contributed by atoms with van der Waals surface area (Å²) in [4.78, 5) is 40.7. The lowest BCUT2D eigenvalue weighted by Gasteiger charge is -2.27. The summed E-state index contributed by atoms with van der Waals surface area (Å²) in [5.74, 6) is 1.98. The predicted molar refractivity (Wildman–Crippen MR) is 162 cm³/mol. The van der Waals surface area contributed by atoms with E-state index in [0.29, 0.717) is 37.6 Å². The summed E-state index contributed by atoms with van der Waals surface area (Å²) >= 11 is 0. The van der Waals surface area contributed by atoms with Gasteiger partial charge in [-0.3, -0.25) is 19.0 Å². The van der Waals surface area contributed by atoms with Crippen LogP contribution in [0, 0.1) is 5.41 Å². The molecule has 2 amide bonds. The Morgan fingerprint density at radius 1 is 1.12 bits per heavy atom. The van der Waals surface area contributed by atoms with Gasteiger partial charge in [-0.15, -0.1) is 0 Å². The van der Waals surface area contributed by atoms with Crippen LogP contribution in [-0.4, -0.2) is 56.5 Å². The largest absolute Gasteiger partial charge is 0.499 e. The number of rotatable bonds is 7. The van der Waals surface area contributed by atoms with Crippen molar-refractivity contribution in [3.63, 3.8) is 0 Å². The summed E-state index contributed by atoms with van der Waals surface area (Å²) in [5, 5.41) is 3.11. The van der Waals surface area contributed by atoms with Crippen molar-refractivity contribution in [1.82, 2.24) is 4.57 Å². The lowest BCUT2D eigenvalue weighted by Crippen LogP contribution is -2.28. The molecule has 1 saturated heterocycles. The number of nitrogens with zero attached hydrogens (tertiary/aromatic N) is 3. The van der Waals surface area contributed by atoms with Crippen molar-refractivity contribution in [2.75, 3.05) is 43.6 Å². The predicted octanol–water partition coefficient (Wildman–Crippen LogP) is 4.91. The molecule has 10 nitrogen and oxygen atoms in total. The Morgan fingerprint density at radius 3 is 2.51 bits per heavy atom. The first kappa shape index (κ1) is 31.4. The van der Waals surface area contributed by atoms with Gasteiger partial charge in [0.2, 0.25) is 5.91 Å². The molecule has 0 saturated carbocycles. The summed E-state index contributed by atoms with van der Waals surface area (Å²) in [5.41, 5.74) is 2.20. The summed E-state index contributed by atoms with van der Waals surface area (Å²) in [6, 6.07) is 8.90. The Balaban J connectivity index is 0.000000215. The number of hydrogen-bond donors (Lipinski definition) is 1. The van der Waals surface area contributed by atoms with Crippen LogP contribution in [0.4, 0.5) is 11.4 Å². The minimum Gasteiger partial charge on any atom is -0.499 e. The van der Waals surface area contributed by atoms with E-state index in [0.717, 1.165) is 48.7 Å². The molecule has 1 aromatic heterocycles. The van der Waals surface area contributed by atoms with Crippen LogP contribution in [0.15, 0.2) is 45.9 Å². The van der Waals surface area contributed by atoms with Crippen LogP contribution < -0.4 is 25.2 Å². The lowest BCUT2D eigenvalue weighted by molar-refractivity contribution is -0.119. The fraction of sp³-hybridized carbons (Fsp3) is 0.484. The quantitative estimate of drug-likeness (QED) is 0.474. The first-order valence-corrected chi connectivity index (χ1v) is 14.2. The zero-order chi connectivity index (χ0) is 30.0. The third kappa shape index (κ3) is 7.36. The molecule has 1 atom stereocenters. The van der Waals surface area contributed by atoms with Crippen LogP contribution >= 0.6 is 0 Å². The van der Waals surface area contributed by atoms with Gasteiger partial charge in [0.15, 0.2) is 11.5 Å². The Kier molecular flexibility index (Phi) is 11.1.